The minimum Gasteiger partial charge on any atom is -0.354 e. The number of nitrogens with one attached hydrogen (secondary N) is 1. The maximum atomic E-state index is 15.8. The molecule has 0 amide bonds. The molecule has 8 aromatic rings. The standard InChI is InChI=1S/C38H9F15N4O/c39-23-20(24(40)30(46)35(51)29(23)45)17-10-2-1-9(54-10)13-5-6-15-19(22-27(43)33(49)37(53)34(50)28(22)44)16-8-7-14(57(16)38(58)56(13)15)18(12-4-3-11(17)55-12)21-25(41)31(47)36(52)32(48)26(21)42/h1-8,55H. The Kier molecular flexibility index (Phi) is 7.74. The van der Waals surface area contributed by atoms with Crippen molar-refractivity contribution in [1.82, 2.24) is 18.8 Å². The zero-order chi connectivity index (χ0) is 41.5. The molecule has 5 aromatic heterocycles. The average molecular weight is 822 g/mol. The number of hydrogen-bond acceptors (Lipinski definition) is 2. The van der Waals surface area contributed by atoms with Crippen molar-refractivity contribution in [1.29, 1.82) is 0 Å². The van der Waals surface area contributed by atoms with E-state index >= 15 is 26.3 Å². The maximum absolute atomic E-state index is 15.8. The molecule has 0 atom stereocenters. The fraction of sp³-hybridized carbons (Fsp3) is 0. The highest BCUT2D eigenvalue weighted by Gasteiger charge is 2.34. The summed E-state index contributed by atoms with van der Waals surface area (Å²) < 4.78 is 226. The van der Waals surface area contributed by atoms with Crippen LogP contribution in [0.15, 0.2) is 41.2 Å². The third-order valence-corrected chi connectivity index (χ3v) is 9.68. The summed E-state index contributed by atoms with van der Waals surface area (Å²) in [4.78, 5) is 21.2. The van der Waals surface area contributed by atoms with E-state index in [0.717, 1.165) is 48.6 Å². The summed E-state index contributed by atoms with van der Waals surface area (Å²) in [6.07, 6.45) is 1.99. The fourth-order valence-electron chi connectivity index (χ4n) is 7.16. The van der Waals surface area contributed by atoms with Gasteiger partial charge in [0.15, 0.2) is 69.8 Å². The van der Waals surface area contributed by atoms with E-state index in [1.165, 1.54) is 0 Å². The molecule has 6 bridgehead atoms. The Labute approximate surface area is 308 Å². The summed E-state index contributed by atoms with van der Waals surface area (Å²) in [5.41, 5.74) is -14.7. The summed E-state index contributed by atoms with van der Waals surface area (Å²) in [6, 6.07) is 5.07. The molecule has 0 unspecified atom stereocenters. The van der Waals surface area contributed by atoms with Gasteiger partial charge in [-0.3, -0.25) is 8.80 Å². The molecule has 1 N–H and O–H groups in total. The van der Waals surface area contributed by atoms with Gasteiger partial charge in [-0.1, -0.05) is 0 Å². The molecule has 1 aliphatic rings. The fourth-order valence-corrected chi connectivity index (χ4v) is 7.16. The van der Waals surface area contributed by atoms with Crippen LogP contribution in [0.25, 0.3) is 78.6 Å². The van der Waals surface area contributed by atoms with Crippen LogP contribution in [0.4, 0.5) is 65.9 Å². The molecule has 0 saturated heterocycles. The van der Waals surface area contributed by atoms with Crippen molar-refractivity contribution in [3.63, 3.8) is 0 Å². The molecule has 20 heteroatoms. The number of H-pyrrole nitrogens is 1. The molecule has 9 rings (SSSR count). The van der Waals surface area contributed by atoms with Gasteiger partial charge in [-0.15, -0.1) is 0 Å². The number of halogens is 15. The minimum absolute atomic E-state index is 0.383. The molecular weight excluding hydrogens is 813 g/mol. The Bertz CT molecular complexity index is 3300. The van der Waals surface area contributed by atoms with Gasteiger partial charge in [0.05, 0.1) is 50.1 Å². The Balaban J connectivity index is 1.62. The summed E-state index contributed by atoms with van der Waals surface area (Å²) in [6.45, 7) is 0. The number of nitrogens with zero attached hydrogens (tertiary/aromatic N) is 3. The van der Waals surface area contributed by atoms with Gasteiger partial charge in [0.25, 0.3) is 0 Å². The van der Waals surface area contributed by atoms with Crippen LogP contribution in [0.3, 0.4) is 0 Å². The number of aromatic amines is 1. The Morgan fingerprint density at radius 2 is 0.655 bits per heavy atom. The lowest BCUT2D eigenvalue weighted by atomic mass is 10.0. The number of fused-ring (bicyclic) bond motifs is 5. The zero-order valence-electron chi connectivity index (χ0n) is 27.5. The lowest BCUT2D eigenvalue weighted by molar-refractivity contribution is 0.381. The molecule has 0 spiro atoms. The summed E-state index contributed by atoms with van der Waals surface area (Å²) >= 11 is 0. The van der Waals surface area contributed by atoms with Gasteiger partial charge in [-0.05, 0) is 48.6 Å². The van der Waals surface area contributed by atoms with Crippen LogP contribution < -0.4 is 5.69 Å². The van der Waals surface area contributed by atoms with Crippen LogP contribution in [0.1, 0.15) is 11.4 Å². The van der Waals surface area contributed by atoms with Crippen LogP contribution in [0.5, 0.6) is 0 Å². The summed E-state index contributed by atoms with van der Waals surface area (Å²) in [5, 5.41) is 0. The molecule has 0 aliphatic carbocycles. The van der Waals surface area contributed by atoms with E-state index in [9.17, 15) is 44.3 Å². The third kappa shape index (κ3) is 4.58. The number of benzene rings is 3. The lowest BCUT2D eigenvalue weighted by Gasteiger charge is -2.14. The highest BCUT2D eigenvalue weighted by atomic mass is 19.2. The van der Waals surface area contributed by atoms with Gasteiger partial charge in [0, 0.05) is 27.7 Å². The third-order valence-electron chi connectivity index (χ3n) is 9.68. The Morgan fingerprint density at radius 1 is 0.345 bits per heavy atom. The molecule has 5 nitrogen and oxygen atoms in total. The van der Waals surface area contributed by atoms with Crippen LogP contribution in [0.2, 0.25) is 0 Å². The number of hydrogen-bond donors (Lipinski definition) is 1. The first-order valence-electron chi connectivity index (χ1n) is 16.0. The van der Waals surface area contributed by atoms with E-state index in [2.05, 4.69) is 9.97 Å². The monoisotopic (exact) mass is 822 g/mol. The van der Waals surface area contributed by atoms with Crippen molar-refractivity contribution in [2.45, 2.75) is 0 Å². The molecule has 0 radical (unpaired) electrons. The molecule has 0 fully saturated rings. The molecule has 0 saturated carbocycles. The summed E-state index contributed by atoms with van der Waals surface area (Å²) in [5.74, 6) is -37.3. The van der Waals surface area contributed by atoms with Crippen molar-refractivity contribution in [2.24, 2.45) is 0 Å². The SMILES string of the molecule is O=c1n2c3ccc2c(-c2c(F)c(F)c(F)c(F)c2F)c2ccc(c(-c4c(F)c(F)c(F)c(F)c4F)c4ccc([nH]4)c(-c4c(F)c(F)c(F)c(F)c4F)c4nc3C=C4)n12. The Hall–Kier alpha value is -6.99. The van der Waals surface area contributed by atoms with Crippen molar-refractivity contribution >= 4 is 45.3 Å². The van der Waals surface area contributed by atoms with Crippen LogP contribution in [-0.2, 0) is 0 Å². The first kappa shape index (κ1) is 36.6. The topological polar surface area (TPSA) is 54.6 Å². The summed E-state index contributed by atoms with van der Waals surface area (Å²) in [7, 11) is 0. The van der Waals surface area contributed by atoms with E-state index < -0.39 is 165 Å². The maximum Gasteiger partial charge on any atom is 0.338 e. The van der Waals surface area contributed by atoms with Crippen LogP contribution >= 0.6 is 0 Å². The molecular formula is C38H9F15N4O. The van der Waals surface area contributed by atoms with Crippen molar-refractivity contribution < 1.29 is 65.9 Å². The molecule has 3 aromatic carbocycles. The average Bonchev–Trinajstić information content (AvgIpc) is 4.04. The van der Waals surface area contributed by atoms with E-state index in [0.29, 0.717) is 8.80 Å². The number of aromatic nitrogens is 4. The zero-order valence-corrected chi connectivity index (χ0v) is 27.5. The van der Waals surface area contributed by atoms with Gasteiger partial charge in [0.2, 0.25) is 17.5 Å². The first-order chi connectivity index (χ1) is 27.5. The normalized spacial score (nSPS) is 12.4. The highest BCUT2D eigenvalue weighted by Crippen LogP contribution is 2.43. The Morgan fingerprint density at radius 3 is 1.10 bits per heavy atom. The van der Waals surface area contributed by atoms with Crippen molar-refractivity contribution in [3.05, 3.63) is 146 Å². The smallest absolute Gasteiger partial charge is 0.338 e. The van der Waals surface area contributed by atoms with Gasteiger partial charge in [0.1, 0.15) is 0 Å². The second-order valence-corrected chi connectivity index (χ2v) is 12.6. The predicted molar refractivity (Wildman–Crippen MR) is 175 cm³/mol. The van der Waals surface area contributed by atoms with E-state index in [1.807, 2.05) is 0 Å². The van der Waals surface area contributed by atoms with Crippen LogP contribution in [-0.4, -0.2) is 18.8 Å². The van der Waals surface area contributed by atoms with Gasteiger partial charge in [-0.25, -0.2) is 75.6 Å². The number of rotatable bonds is 3. The van der Waals surface area contributed by atoms with E-state index in [4.69, 9.17) is 0 Å². The molecule has 1 aliphatic heterocycles. The largest absolute Gasteiger partial charge is 0.354 e. The first-order valence-corrected chi connectivity index (χ1v) is 16.0. The molecule has 58 heavy (non-hydrogen) atoms. The van der Waals surface area contributed by atoms with Crippen LogP contribution in [0, 0.1) is 87.3 Å². The predicted octanol–water partition coefficient (Wildman–Crippen LogP) is 10.7. The molecule has 292 valence electrons. The van der Waals surface area contributed by atoms with Gasteiger partial charge >= 0.3 is 5.69 Å². The van der Waals surface area contributed by atoms with Crippen molar-refractivity contribution in [2.75, 3.05) is 0 Å². The quantitative estimate of drug-likeness (QED) is 0.110. The van der Waals surface area contributed by atoms with E-state index in [1.54, 1.807) is 0 Å². The second-order valence-electron chi connectivity index (χ2n) is 12.6. The molecule has 6 heterocycles. The van der Waals surface area contributed by atoms with Gasteiger partial charge in [-0.2, -0.15) is 0 Å². The second kappa shape index (κ2) is 12.3. The highest BCUT2D eigenvalue weighted by molar-refractivity contribution is 6.02. The van der Waals surface area contributed by atoms with E-state index in [-0.39, 0.29) is 5.69 Å². The minimum atomic E-state index is -2.65. The lowest BCUT2D eigenvalue weighted by Crippen LogP contribution is -2.22. The van der Waals surface area contributed by atoms with Gasteiger partial charge < -0.3 is 4.98 Å². The van der Waals surface area contributed by atoms with Crippen molar-refractivity contribution in [3.8, 4) is 33.4 Å².